The molecule has 0 saturated heterocycles. The second-order valence-corrected chi connectivity index (χ2v) is 2.78. The number of hydrogen-bond donors (Lipinski definition) is 3. The van der Waals surface area contributed by atoms with Gasteiger partial charge in [0.05, 0.1) is 0 Å². The zero-order chi connectivity index (χ0) is 6.78. The summed E-state index contributed by atoms with van der Waals surface area (Å²) in [4.78, 5) is 9.48. The molecule has 0 aliphatic carbocycles. The van der Waals surface area contributed by atoms with Crippen LogP contribution in [0.4, 0.5) is 0 Å². The fourth-order valence-corrected chi connectivity index (χ4v) is 0.513. The predicted molar refractivity (Wildman–Crippen MR) is 25.4 cm³/mol. The van der Waals surface area contributed by atoms with Crippen molar-refractivity contribution in [3.63, 3.8) is 0 Å². The Balaban J connectivity index is 0. The van der Waals surface area contributed by atoms with Crippen LogP contribution in [0.3, 0.4) is 0 Å². The molecule has 0 radical (unpaired) electrons. The van der Waals surface area contributed by atoms with Gasteiger partial charge in [-0.2, -0.15) is 0 Å². The SMILES string of the molecule is O=C(O)C[SH](=O)([O-])O.[Na+]. The van der Waals surface area contributed by atoms with E-state index in [0.717, 1.165) is 0 Å². The molecule has 0 aliphatic heterocycles. The quantitative estimate of drug-likeness (QED) is 0.283. The van der Waals surface area contributed by atoms with Gasteiger partial charge in [0.1, 0.15) is 5.75 Å². The van der Waals surface area contributed by atoms with Crippen LogP contribution in [0.5, 0.6) is 0 Å². The van der Waals surface area contributed by atoms with Gasteiger partial charge in [0.15, 0.2) is 0 Å². The van der Waals surface area contributed by atoms with Gasteiger partial charge in [0.2, 0.25) is 0 Å². The number of carbonyl (C=O) groups is 1. The van der Waals surface area contributed by atoms with E-state index in [4.69, 9.17) is 9.66 Å². The van der Waals surface area contributed by atoms with Crippen molar-refractivity contribution < 1.29 is 52.8 Å². The minimum atomic E-state index is -4.57. The standard InChI is InChI=1S/C2H6O5S.Na/c3-2(4)1-8(5,6)7;/h8H,1H2,(H,3,4)(H2,5,6,7);/q;+1/p-1. The Bertz CT molecular complexity index is 138. The molecule has 7 heteroatoms. The Kier molecular flexibility index (Phi) is 5.94. The molecule has 0 rings (SSSR count). The second kappa shape index (κ2) is 4.37. The summed E-state index contributed by atoms with van der Waals surface area (Å²) in [5, 5.41) is 7.72. The number of carboxylic acid groups (broad SMARTS) is 1. The normalized spacial score (nSPS) is 11.8. The van der Waals surface area contributed by atoms with Gasteiger partial charge < -0.3 is 14.2 Å². The average Bonchev–Trinajstić information content (AvgIpc) is 1.21. The topological polar surface area (TPSA) is 97.7 Å². The molecule has 0 unspecified atom stereocenters. The van der Waals surface area contributed by atoms with Gasteiger partial charge in [0.25, 0.3) is 0 Å². The summed E-state index contributed by atoms with van der Waals surface area (Å²) < 4.78 is 27.1. The summed E-state index contributed by atoms with van der Waals surface area (Å²) >= 11 is 0. The molecule has 0 aromatic carbocycles. The summed E-state index contributed by atoms with van der Waals surface area (Å²) in [5.41, 5.74) is 0. The van der Waals surface area contributed by atoms with E-state index >= 15 is 0 Å². The number of aliphatic carboxylic acids is 1. The van der Waals surface area contributed by atoms with Gasteiger partial charge in [0, 0.05) is 0 Å². The molecule has 0 aromatic heterocycles. The number of hydrogen-bond acceptors (Lipinski definition) is 3. The summed E-state index contributed by atoms with van der Waals surface area (Å²) in [6.45, 7) is 0. The van der Waals surface area contributed by atoms with Gasteiger partial charge in [-0.25, -0.2) is 0 Å². The maximum atomic E-state index is 9.64. The Hall–Kier alpha value is 0.540. The maximum absolute atomic E-state index is 9.64. The third-order valence-corrected chi connectivity index (χ3v) is 1.01. The van der Waals surface area contributed by atoms with E-state index < -0.39 is 22.2 Å². The van der Waals surface area contributed by atoms with E-state index in [2.05, 4.69) is 0 Å². The van der Waals surface area contributed by atoms with E-state index in [1.54, 1.807) is 0 Å². The third kappa shape index (κ3) is 11.9. The molecule has 0 saturated carbocycles. The van der Waals surface area contributed by atoms with Crippen molar-refractivity contribution in [3.05, 3.63) is 0 Å². The smallest absolute Gasteiger partial charge is 0.771 e. The minimum absolute atomic E-state index is 0. The minimum Gasteiger partial charge on any atom is -0.771 e. The molecule has 0 aliphatic rings. The molecule has 0 atom stereocenters. The predicted octanol–water partition coefficient (Wildman–Crippen LogP) is -4.30. The monoisotopic (exact) mass is 164 g/mol. The van der Waals surface area contributed by atoms with Crippen molar-refractivity contribution in [3.8, 4) is 0 Å². The first-order chi connectivity index (χ1) is 3.42. The molecule has 0 aromatic rings. The molecule has 2 N–H and O–H groups in total. The van der Waals surface area contributed by atoms with Gasteiger partial charge in [-0.15, -0.1) is 0 Å². The van der Waals surface area contributed by atoms with Crippen molar-refractivity contribution in [1.82, 2.24) is 0 Å². The fraction of sp³-hybridized carbons (Fsp3) is 0.500. The summed E-state index contributed by atoms with van der Waals surface area (Å²) in [5.74, 6) is -2.75. The largest absolute Gasteiger partial charge is 1.00 e. The molecule has 0 bridgehead atoms. The number of rotatable bonds is 2. The van der Waals surface area contributed by atoms with Gasteiger partial charge in [-0.1, -0.05) is 10.5 Å². The van der Waals surface area contributed by atoms with Crippen molar-refractivity contribution in [2.24, 2.45) is 0 Å². The maximum Gasteiger partial charge on any atom is 1.00 e. The van der Waals surface area contributed by atoms with Crippen LogP contribution in [0.1, 0.15) is 0 Å². The number of thiol groups is 1. The van der Waals surface area contributed by atoms with Crippen LogP contribution < -0.4 is 29.6 Å². The Morgan fingerprint density at radius 2 is 2.00 bits per heavy atom. The van der Waals surface area contributed by atoms with E-state index in [1.807, 2.05) is 0 Å². The Morgan fingerprint density at radius 1 is 1.67 bits per heavy atom. The Morgan fingerprint density at radius 3 is 2.00 bits per heavy atom. The van der Waals surface area contributed by atoms with Crippen LogP contribution in [-0.2, 0) is 15.3 Å². The second-order valence-electron chi connectivity index (χ2n) is 1.19. The first-order valence-corrected chi connectivity index (χ1v) is 3.43. The zero-order valence-electron chi connectivity index (χ0n) is 4.77. The summed E-state index contributed by atoms with van der Waals surface area (Å²) in [7, 11) is -4.57. The van der Waals surface area contributed by atoms with Crippen LogP contribution in [-0.4, -0.2) is 30.1 Å². The van der Waals surface area contributed by atoms with Crippen LogP contribution in [0, 0.1) is 0 Å². The van der Waals surface area contributed by atoms with Crippen molar-refractivity contribution in [2.75, 3.05) is 5.75 Å². The molecule has 5 nitrogen and oxygen atoms in total. The van der Waals surface area contributed by atoms with Crippen molar-refractivity contribution >= 4 is 16.5 Å². The van der Waals surface area contributed by atoms with Gasteiger partial charge in [-0.05, 0) is 0 Å². The van der Waals surface area contributed by atoms with E-state index in [1.165, 1.54) is 0 Å². The van der Waals surface area contributed by atoms with Gasteiger partial charge >= 0.3 is 35.5 Å². The first kappa shape index (κ1) is 12.2. The van der Waals surface area contributed by atoms with Crippen LogP contribution in [0.25, 0.3) is 0 Å². The van der Waals surface area contributed by atoms with Gasteiger partial charge in [-0.3, -0.25) is 9.00 Å². The molecule has 0 fully saturated rings. The van der Waals surface area contributed by atoms with E-state index in [0.29, 0.717) is 0 Å². The fourth-order valence-electron chi connectivity index (χ4n) is 0.171. The first-order valence-electron chi connectivity index (χ1n) is 1.66. The molecule has 0 spiro atoms. The molecule has 50 valence electrons. The van der Waals surface area contributed by atoms with Crippen LogP contribution in [0.2, 0.25) is 0 Å². The molecular weight excluding hydrogens is 159 g/mol. The zero-order valence-corrected chi connectivity index (χ0v) is 7.67. The number of carboxylic acids is 1. The van der Waals surface area contributed by atoms with E-state index in [-0.39, 0.29) is 29.6 Å². The van der Waals surface area contributed by atoms with Crippen LogP contribution >= 0.6 is 0 Å². The van der Waals surface area contributed by atoms with Crippen LogP contribution in [0.15, 0.2) is 0 Å². The van der Waals surface area contributed by atoms with E-state index in [9.17, 15) is 13.6 Å². The molecule has 0 amide bonds. The van der Waals surface area contributed by atoms with Crippen molar-refractivity contribution in [1.29, 1.82) is 0 Å². The third-order valence-electron chi connectivity index (χ3n) is 0.335. The van der Waals surface area contributed by atoms with Crippen molar-refractivity contribution in [2.45, 2.75) is 0 Å². The molecule has 9 heavy (non-hydrogen) atoms. The molecular formula is C2H5NaO5S. The average molecular weight is 164 g/mol. The summed E-state index contributed by atoms with van der Waals surface area (Å²) in [6.07, 6.45) is 0. The Labute approximate surface area is 74.8 Å². The summed E-state index contributed by atoms with van der Waals surface area (Å²) in [6, 6.07) is 0. The molecule has 0 heterocycles.